The summed E-state index contributed by atoms with van der Waals surface area (Å²) < 4.78 is 12.6. The van der Waals surface area contributed by atoms with Crippen LogP contribution < -0.4 is 4.74 Å². The highest BCUT2D eigenvalue weighted by Gasteiger charge is 2.35. The molecule has 1 fully saturated rings. The zero-order chi connectivity index (χ0) is 15.6. The molecule has 2 atom stereocenters. The zero-order valence-corrected chi connectivity index (χ0v) is 13.0. The number of aromatic nitrogens is 2. The van der Waals surface area contributed by atoms with Gasteiger partial charge in [-0.3, -0.25) is 9.48 Å². The van der Waals surface area contributed by atoms with Crippen molar-refractivity contribution < 1.29 is 19.4 Å². The van der Waals surface area contributed by atoms with E-state index in [4.69, 9.17) is 9.47 Å². The molecule has 7 nitrogen and oxygen atoms in total. The van der Waals surface area contributed by atoms with E-state index in [-0.39, 0.29) is 31.3 Å². The molecule has 2 heterocycles. The number of aryl methyl sites for hydroxylation is 2. The molecule has 1 amide bonds. The van der Waals surface area contributed by atoms with Gasteiger partial charge in [0.2, 0.25) is 0 Å². The second kappa shape index (κ2) is 6.44. The maximum Gasteiger partial charge on any atom is 0.260 e. The van der Waals surface area contributed by atoms with Gasteiger partial charge in [0, 0.05) is 20.7 Å². The average Bonchev–Trinajstić information content (AvgIpc) is 2.99. The maximum atomic E-state index is 12.3. The maximum absolute atomic E-state index is 12.3. The number of ether oxygens (including phenoxy) is 2. The van der Waals surface area contributed by atoms with Gasteiger partial charge in [-0.2, -0.15) is 5.10 Å². The second-order valence-electron chi connectivity index (χ2n) is 5.39. The van der Waals surface area contributed by atoms with E-state index in [2.05, 4.69) is 5.10 Å². The minimum atomic E-state index is -0.192. The molecule has 0 radical (unpaired) electrons. The highest BCUT2D eigenvalue weighted by molar-refractivity contribution is 5.78. The predicted molar refractivity (Wildman–Crippen MR) is 76.2 cm³/mol. The molecule has 1 N–H and O–H groups in total. The first-order valence-corrected chi connectivity index (χ1v) is 7.04. The van der Waals surface area contributed by atoms with Crippen molar-refractivity contribution in [2.75, 3.05) is 26.9 Å². The Morgan fingerprint density at radius 3 is 2.71 bits per heavy atom. The third-order valence-electron chi connectivity index (χ3n) is 4.02. The SMILES string of the molecule is CO[C@H]1C[C@@H](CO)N(C(=O)COc2c(C)nn(C)c2C)C1. The smallest absolute Gasteiger partial charge is 0.260 e. The quantitative estimate of drug-likeness (QED) is 0.829. The Balaban J connectivity index is 1.98. The van der Waals surface area contributed by atoms with E-state index < -0.39 is 0 Å². The molecule has 7 heteroatoms. The molecule has 0 saturated carbocycles. The molecule has 1 aliphatic rings. The predicted octanol–water partition coefficient (Wildman–Crippen LogP) is 0.0239. The van der Waals surface area contributed by atoms with Crippen LogP contribution in [0.1, 0.15) is 17.8 Å². The Hall–Kier alpha value is -1.60. The molecule has 0 unspecified atom stereocenters. The monoisotopic (exact) mass is 297 g/mol. The van der Waals surface area contributed by atoms with Crippen molar-refractivity contribution in [2.24, 2.45) is 7.05 Å². The minimum Gasteiger partial charge on any atom is -0.480 e. The number of methoxy groups -OCH3 is 1. The first-order valence-electron chi connectivity index (χ1n) is 7.04. The van der Waals surface area contributed by atoms with Gasteiger partial charge in [0.05, 0.1) is 24.4 Å². The van der Waals surface area contributed by atoms with Crippen LogP contribution in [0.5, 0.6) is 5.75 Å². The van der Waals surface area contributed by atoms with E-state index in [0.29, 0.717) is 18.7 Å². The lowest BCUT2D eigenvalue weighted by molar-refractivity contribution is -0.135. The van der Waals surface area contributed by atoms with Crippen LogP contribution in [0.15, 0.2) is 0 Å². The van der Waals surface area contributed by atoms with Gasteiger partial charge in [0.25, 0.3) is 5.91 Å². The summed E-state index contributed by atoms with van der Waals surface area (Å²) in [6, 6.07) is -0.192. The number of likely N-dealkylation sites (tertiary alicyclic amines) is 1. The lowest BCUT2D eigenvalue weighted by atomic mass is 10.2. The lowest BCUT2D eigenvalue weighted by Crippen LogP contribution is -2.40. The number of aliphatic hydroxyl groups is 1. The van der Waals surface area contributed by atoms with Crippen LogP contribution in [0.4, 0.5) is 0 Å². The van der Waals surface area contributed by atoms with Crippen LogP contribution in [-0.2, 0) is 16.6 Å². The first-order chi connectivity index (χ1) is 9.97. The summed E-state index contributed by atoms with van der Waals surface area (Å²) in [6.45, 7) is 4.12. The van der Waals surface area contributed by atoms with Crippen LogP contribution in [0.3, 0.4) is 0 Å². The number of amides is 1. The molecular formula is C14H23N3O4. The lowest BCUT2D eigenvalue weighted by Gasteiger charge is -2.22. The Labute approximate surface area is 124 Å². The van der Waals surface area contributed by atoms with Crippen LogP contribution in [0.25, 0.3) is 0 Å². The Kier molecular flexibility index (Phi) is 4.84. The van der Waals surface area contributed by atoms with E-state index >= 15 is 0 Å². The molecule has 118 valence electrons. The van der Waals surface area contributed by atoms with Crippen molar-refractivity contribution in [2.45, 2.75) is 32.4 Å². The largest absolute Gasteiger partial charge is 0.480 e. The Bertz CT molecular complexity index is 515. The van der Waals surface area contributed by atoms with Crippen LogP contribution in [0.2, 0.25) is 0 Å². The van der Waals surface area contributed by atoms with Crippen molar-refractivity contribution in [1.82, 2.24) is 14.7 Å². The molecule has 21 heavy (non-hydrogen) atoms. The number of rotatable bonds is 5. The standard InChI is InChI=1S/C14H23N3O4/c1-9-14(10(2)16(3)15-9)21-8-13(19)17-6-12(20-4)5-11(17)7-18/h11-12,18H,5-8H2,1-4H3/t11-,12-/m0/s1. The molecular weight excluding hydrogens is 274 g/mol. The number of hydrogen-bond acceptors (Lipinski definition) is 5. The van der Waals surface area contributed by atoms with Gasteiger partial charge in [-0.05, 0) is 20.3 Å². The Morgan fingerprint density at radius 1 is 1.48 bits per heavy atom. The third kappa shape index (κ3) is 3.19. The fourth-order valence-corrected chi connectivity index (χ4v) is 2.70. The van der Waals surface area contributed by atoms with Gasteiger partial charge < -0.3 is 19.5 Å². The van der Waals surface area contributed by atoms with Crippen molar-refractivity contribution in [1.29, 1.82) is 0 Å². The molecule has 1 aliphatic heterocycles. The molecule has 0 spiro atoms. The highest BCUT2D eigenvalue weighted by atomic mass is 16.5. The molecule has 0 aliphatic carbocycles. The van der Waals surface area contributed by atoms with E-state index in [9.17, 15) is 9.90 Å². The highest BCUT2D eigenvalue weighted by Crippen LogP contribution is 2.23. The molecule has 0 bridgehead atoms. The van der Waals surface area contributed by atoms with Gasteiger partial charge >= 0.3 is 0 Å². The van der Waals surface area contributed by atoms with Gasteiger partial charge in [-0.25, -0.2) is 0 Å². The van der Waals surface area contributed by atoms with E-state index in [1.807, 2.05) is 20.9 Å². The number of carbonyl (C=O) groups excluding carboxylic acids is 1. The van der Waals surface area contributed by atoms with Gasteiger partial charge in [0.15, 0.2) is 12.4 Å². The number of aliphatic hydroxyl groups excluding tert-OH is 1. The van der Waals surface area contributed by atoms with Crippen molar-refractivity contribution in [3.63, 3.8) is 0 Å². The fraction of sp³-hybridized carbons (Fsp3) is 0.714. The summed E-state index contributed by atoms with van der Waals surface area (Å²) in [5.41, 5.74) is 1.65. The van der Waals surface area contributed by atoms with Crippen molar-refractivity contribution >= 4 is 5.91 Å². The topological polar surface area (TPSA) is 76.8 Å². The summed E-state index contributed by atoms with van der Waals surface area (Å²) in [4.78, 5) is 13.9. The normalized spacial score (nSPS) is 21.9. The number of nitrogens with zero attached hydrogens (tertiary/aromatic N) is 3. The average molecular weight is 297 g/mol. The number of carbonyl (C=O) groups is 1. The summed E-state index contributed by atoms with van der Waals surface area (Å²) in [5.74, 6) is 0.505. The van der Waals surface area contributed by atoms with E-state index in [0.717, 1.165) is 11.4 Å². The van der Waals surface area contributed by atoms with Crippen LogP contribution in [-0.4, -0.2) is 64.7 Å². The summed E-state index contributed by atoms with van der Waals surface area (Å²) in [7, 11) is 3.45. The first kappa shape index (κ1) is 15.8. The van der Waals surface area contributed by atoms with Crippen molar-refractivity contribution in [3.05, 3.63) is 11.4 Å². The summed E-state index contributed by atoms with van der Waals surface area (Å²) >= 11 is 0. The Morgan fingerprint density at radius 2 is 2.19 bits per heavy atom. The molecule has 1 aromatic rings. The van der Waals surface area contributed by atoms with Crippen LogP contribution in [0, 0.1) is 13.8 Å². The number of hydrogen-bond donors (Lipinski definition) is 1. The molecule has 2 rings (SSSR count). The zero-order valence-electron chi connectivity index (χ0n) is 13.0. The summed E-state index contributed by atoms with van der Waals surface area (Å²) in [6.07, 6.45) is 0.636. The van der Waals surface area contributed by atoms with Gasteiger partial charge in [-0.1, -0.05) is 0 Å². The second-order valence-corrected chi connectivity index (χ2v) is 5.39. The minimum absolute atomic E-state index is 0.0204. The summed E-state index contributed by atoms with van der Waals surface area (Å²) in [5, 5.41) is 13.6. The van der Waals surface area contributed by atoms with E-state index in [1.165, 1.54) is 0 Å². The van der Waals surface area contributed by atoms with Crippen LogP contribution >= 0.6 is 0 Å². The molecule has 0 aromatic carbocycles. The molecule has 1 saturated heterocycles. The van der Waals surface area contributed by atoms with Gasteiger partial charge in [-0.15, -0.1) is 0 Å². The molecule has 1 aromatic heterocycles. The van der Waals surface area contributed by atoms with E-state index in [1.54, 1.807) is 16.7 Å². The van der Waals surface area contributed by atoms with Crippen molar-refractivity contribution in [3.8, 4) is 5.75 Å². The van der Waals surface area contributed by atoms with Gasteiger partial charge in [0.1, 0.15) is 5.69 Å². The third-order valence-corrected chi connectivity index (χ3v) is 4.02. The fourth-order valence-electron chi connectivity index (χ4n) is 2.70.